The van der Waals surface area contributed by atoms with E-state index in [1.165, 1.54) is 19.2 Å². The number of esters is 1. The van der Waals surface area contributed by atoms with Crippen LogP contribution < -0.4 is 0 Å². The second kappa shape index (κ2) is 8.49. The Kier molecular flexibility index (Phi) is 5.71. The van der Waals surface area contributed by atoms with Crippen LogP contribution in [0.5, 0.6) is 11.5 Å². The van der Waals surface area contributed by atoms with Crippen LogP contribution in [-0.2, 0) is 20.6 Å². The van der Waals surface area contributed by atoms with Gasteiger partial charge in [-0.15, -0.1) is 10.2 Å². The molecule has 0 unspecified atom stereocenters. The highest BCUT2D eigenvalue weighted by molar-refractivity contribution is 7.85. The van der Waals surface area contributed by atoms with E-state index in [1.54, 1.807) is 48.5 Å². The molecule has 0 radical (unpaired) electrons. The molecule has 0 aliphatic rings. The number of carbonyl (C=O) groups excluding carboxylic acids is 1. The van der Waals surface area contributed by atoms with Crippen molar-refractivity contribution in [2.24, 2.45) is 10.2 Å². The largest absolute Gasteiger partial charge is 0.506 e. The van der Waals surface area contributed by atoms with E-state index in [1.807, 2.05) is 0 Å². The molecule has 33 heavy (non-hydrogen) atoms. The number of aromatic hydroxyl groups is 2. The van der Waals surface area contributed by atoms with Crippen LogP contribution in [-0.4, -0.2) is 36.3 Å². The molecule has 0 saturated heterocycles. The van der Waals surface area contributed by atoms with Crippen LogP contribution in [0.2, 0.25) is 0 Å². The Bertz CT molecular complexity index is 1550. The maximum atomic E-state index is 12.1. The second-order valence-electron chi connectivity index (χ2n) is 7.21. The van der Waals surface area contributed by atoms with E-state index in [0.717, 1.165) is 0 Å². The number of nitrogens with zero attached hydrogens (tertiary/aromatic N) is 2. The van der Waals surface area contributed by atoms with Gasteiger partial charge in [-0.25, -0.2) is 4.79 Å². The van der Waals surface area contributed by atoms with Crippen LogP contribution >= 0.6 is 0 Å². The number of hydrogen-bond acceptors (Lipinski definition) is 8. The monoisotopic (exact) mass is 466 g/mol. The molecular formula is C23H18N2O7S. The maximum absolute atomic E-state index is 12.1. The standard InChI is InChI=1S/C23H18N2O7S/c1-32-23(28)18-10-13-6-2-3-8-16(13)21(22(18)27)25-24-20-17-9-5-4-7-15(17)14(11-19(20)26)12-33(29,30)31/h2-11,26-27H,12H2,1H3,(H,29,30,31). The highest BCUT2D eigenvalue weighted by Gasteiger charge is 2.20. The van der Waals surface area contributed by atoms with Crippen molar-refractivity contribution in [1.82, 2.24) is 0 Å². The van der Waals surface area contributed by atoms with E-state index in [-0.39, 0.29) is 28.3 Å². The lowest BCUT2D eigenvalue weighted by molar-refractivity contribution is 0.0597. The summed E-state index contributed by atoms with van der Waals surface area (Å²) in [5.74, 6) is -2.25. The minimum atomic E-state index is -4.34. The van der Waals surface area contributed by atoms with Crippen LogP contribution in [0.1, 0.15) is 15.9 Å². The Morgan fingerprint density at radius 2 is 1.52 bits per heavy atom. The molecular weight excluding hydrogens is 448 g/mol. The molecule has 9 nitrogen and oxygen atoms in total. The van der Waals surface area contributed by atoms with Crippen LogP contribution in [0.25, 0.3) is 21.5 Å². The lowest BCUT2D eigenvalue weighted by Gasteiger charge is -2.11. The Labute approximate surface area is 188 Å². The summed E-state index contributed by atoms with van der Waals surface area (Å²) < 4.78 is 36.8. The van der Waals surface area contributed by atoms with Crippen LogP contribution in [0.3, 0.4) is 0 Å². The maximum Gasteiger partial charge on any atom is 0.341 e. The number of phenols is 2. The Hall–Kier alpha value is -4.02. The zero-order valence-corrected chi connectivity index (χ0v) is 18.1. The van der Waals surface area contributed by atoms with Gasteiger partial charge in [0.05, 0.1) is 7.11 Å². The predicted molar refractivity (Wildman–Crippen MR) is 122 cm³/mol. The van der Waals surface area contributed by atoms with Gasteiger partial charge >= 0.3 is 5.97 Å². The zero-order valence-electron chi connectivity index (χ0n) is 17.3. The van der Waals surface area contributed by atoms with Gasteiger partial charge in [0.25, 0.3) is 10.1 Å². The summed E-state index contributed by atoms with van der Waals surface area (Å²) in [5.41, 5.74) is 0.115. The van der Waals surface area contributed by atoms with Gasteiger partial charge in [-0.3, -0.25) is 4.55 Å². The van der Waals surface area contributed by atoms with Crippen LogP contribution in [0.15, 0.2) is 70.9 Å². The minimum absolute atomic E-state index is 0.000932. The lowest BCUT2D eigenvalue weighted by Crippen LogP contribution is -2.02. The Morgan fingerprint density at radius 3 is 2.18 bits per heavy atom. The van der Waals surface area contributed by atoms with E-state index in [4.69, 9.17) is 4.74 Å². The molecule has 0 aliphatic carbocycles. The van der Waals surface area contributed by atoms with E-state index in [9.17, 15) is 28.0 Å². The Morgan fingerprint density at radius 1 is 0.909 bits per heavy atom. The van der Waals surface area contributed by atoms with Crippen LogP contribution in [0, 0.1) is 0 Å². The number of ether oxygens (including phenoxy) is 1. The van der Waals surface area contributed by atoms with Gasteiger partial charge in [-0.2, -0.15) is 8.42 Å². The van der Waals surface area contributed by atoms with Crippen molar-refractivity contribution in [2.45, 2.75) is 5.75 Å². The van der Waals surface area contributed by atoms with Crippen molar-refractivity contribution in [3.05, 3.63) is 71.8 Å². The molecule has 0 saturated carbocycles. The minimum Gasteiger partial charge on any atom is -0.506 e. The van der Waals surface area contributed by atoms with E-state index in [2.05, 4.69) is 10.2 Å². The SMILES string of the molecule is COC(=O)c1cc2ccccc2c(N=Nc2c(O)cc(CS(=O)(=O)O)c3ccccc23)c1O. The van der Waals surface area contributed by atoms with Crippen molar-refractivity contribution >= 4 is 49.0 Å². The molecule has 0 atom stereocenters. The first-order valence-electron chi connectivity index (χ1n) is 9.63. The number of phenolic OH excluding ortho intramolecular Hbond substituents is 2. The van der Waals surface area contributed by atoms with E-state index < -0.39 is 27.6 Å². The third kappa shape index (κ3) is 4.34. The molecule has 4 aromatic rings. The first-order valence-corrected chi connectivity index (χ1v) is 11.2. The van der Waals surface area contributed by atoms with Crippen molar-refractivity contribution in [1.29, 1.82) is 0 Å². The molecule has 0 heterocycles. The molecule has 0 aromatic heterocycles. The number of methoxy groups -OCH3 is 1. The molecule has 0 fully saturated rings. The second-order valence-corrected chi connectivity index (χ2v) is 8.66. The quantitative estimate of drug-likeness (QED) is 0.213. The molecule has 10 heteroatoms. The van der Waals surface area contributed by atoms with E-state index >= 15 is 0 Å². The molecule has 0 amide bonds. The fourth-order valence-electron chi connectivity index (χ4n) is 3.62. The van der Waals surface area contributed by atoms with Crippen molar-refractivity contribution in [3.8, 4) is 11.5 Å². The average molecular weight is 466 g/mol. The first-order chi connectivity index (χ1) is 15.7. The van der Waals surface area contributed by atoms with E-state index in [0.29, 0.717) is 21.5 Å². The van der Waals surface area contributed by atoms with Gasteiger partial charge in [0, 0.05) is 10.8 Å². The van der Waals surface area contributed by atoms with Gasteiger partial charge in [0.15, 0.2) is 5.75 Å². The highest BCUT2D eigenvalue weighted by atomic mass is 32.2. The number of azo groups is 1. The third-order valence-corrected chi connectivity index (χ3v) is 5.75. The summed E-state index contributed by atoms with van der Waals surface area (Å²) in [7, 11) is -3.15. The summed E-state index contributed by atoms with van der Waals surface area (Å²) in [5, 5.41) is 31.5. The number of benzene rings is 4. The zero-order chi connectivity index (χ0) is 23.8. The van der Waals surface area contributed by atoms with Gasteiger partial charge in [-0.1, -0.05) is 48.5 Å². The summed E-state index contributed by atoms with van der Waals surface area (Å²) in [4.78, 5) is 12.1. The number of carbonyl (C=O) groups is 1. The topological polar surface area (TPSA) is 146 Å². The summed E-state index contributed by atoms with van der Waals surface area (Å²) in [6, 6.07) is 16.2. The van der Waals surface area contributed by atoms with Crippen molar-refractivity contribution in [2.75, 3.05) is 7.11 Å². The van der Waals surface area contributed by atoms with Gasteiger partial charge in [-0.05, 0) is 28.5 Å². The van der Waals surface area contributed by atoms with Crippen molar-refractivity contribution < 1.29 is 32.7 Å². The fraction of sp³-hybridized carbons (Fsp3) is 0.0870. The predicted octanol–water partition coefficient (Wildman–Crippen LogP) is 4.99. The molecule has 4 aromatic carbocycles. The highest BCUT2D eigenvalue weighted by Crippen LogP contribution is 2.42. The molecule has 0 spiro atoms. The molecule has 4 rings (SSSR count). The van der Waals surface area contributed by atoms with Crippen molar-refractivity contribution in [3.63, 3.8) is 0 Å². The third-order valence-electron chi connectivity index (χ3n) is 5.07. The fourth-order valence-corrected chi connectivity index (χ4v) is 4.26. The molecule has 3 N–H and O–H groups in total. The van der Waals surface area contributed by atoms with Gasteiger partial charge in [0.2, 0.25) is 0 Å². The lowest BCUT2D eigenvalue weighted by atomic mass is 10.0. The normalized spacial score (nSPS) is 11.9. The number of fused-ring (bicyclic) bond motifs is 2. The number of hydrogen-bond donors (Lipinski definition) is 3. The summed E-state index contributed by atoms with van der Waals surface area (Å²) in [6.45, 7) is 0. The van der Waals surface area contributed by atoms with Gasteiger partial charge < -0.3 is 14.9 Å². The first kappa shape index (κ1) is 22.2. The summed E-state index contributed by atoms with van der Waals surface area (Å²) in [6.07, 6.45) is 0. The Balaban J connectivity index is 1.93. The molecule has 0 bridgehead atoms. The molecule has 0 aliphatic heterocycles. The smallest absolute Gasteiger partial charge is 0.341 e. The van der Waals surface area contributed by atoms with Crippen LogP contribution in [0.4, 0.5) is 11.4 Å². The average Bonchev–Trinajstić information content (AvgIpc) is 2.78. The molecule has 168 valence electrons. The summed E-state index contributed by atoms with van der Waals surface area (Å²) >= 11 is 0. The van der Waals surface area contributed by atoms with Gasteiger partial charge in [0.1, 0.15) is 28.4 Å². The number of rotatable bonds is 5.